The zero-order chi connectivity index (χ0) is 9.68. The van der Waals surface area contributed by atoms with Gasteiger partial charge in [-0.15, -0.1) is 0 Å². The molecule has 0 heterocycles. The monoisotopic (exact) mass is 198 g/mol. The Morgan fingerprint density at radius 3 is 2.62 bits per heavy atom. The van der Waals surface area contributed by atoms with Gasteiger partial charge in [0.2, 0.25) is 0 Å². The maximum Gasteiger partial charge on any atom is 0.120 e. The van der Waals surface area contributed by atoms with Gasteiger partial charge in [0.25, 0.3) is 0 Å². The van der Waals surface area contributed by atoms with E-state index in [1.807, 2.05) is 0 Å². The summed E-state index contributed by atoms with van der Waals surface area (Å²) in [5.41, 5.74) is 0. The Labute approximate surface area is 82.4 Å². The minimum atomic E-state index is 0.233. The highest BCUT2D eigenvalue weighted by Gasteiger charge is 1.91. The van der Waals surface area contributed by atoms with Crippen molar-refractivity contribution in [2.45, 2.75) is 6.92 Å². The first kappa shape index (κ1) is 9.93. The maximum absolute atomic E-state index is 8.98. The van der Waals surface area contributed by atoms with E-state index >= 15 is 0 Å². The molecule has 0 amide bonds. The molecule has 0 aliphatic carbocycles. The van der Waals surface area contributed by atoms with Crippen LogP contribution < -0.4 is 4.74 Å². The number of phenolic OH excluding ortho intramolecular Hbond substituents is 1. The Hall–Kier alpha value is -1.15. The van der Waals surface area contributed by atoms with Gasteiger partial charge in [0.1, 0.15) is 18.1 Å². The molecule has 2 nitrogen and oxygen atoms in total. The van der Waals surface area contributed by atoms with Gasteiger partial charge >= 0.3 is 0 Å². The Morgan fingerprint density at radius 2 is 2.08 bits per heavy atom. The van der Waals surface area contributed by atoms with E-state index in [2.05, 4.69) is 0 Å². The van der Waals surface area contributed by atoms with Gasteiger partial charge in [-0.2, -0.15) is 0 Å². The molecule has 0 atom stereocenters. The third-order valence-corrected chi connectivity index (χ3v) is 1.61. The van der Waals surface area contributed by atoms with Crippen molar-refractivity contribution in [3.63, 3.8) is 0 Å². The van der Waals surface area contributed by atoms with Crippen LogP contribution in [0.1, 0.15) is 6.92 Å². The maximum atomic E-state index is 8.98. The Balaban J connectivity index is 2.46. The molecule has 0 bridgehead atoms. The van der Waals surface area contributed by atoms with E-state index in [-0.39, 0.29) is 5.75 Å². The fraction of sp³-hybridized carbons (Fsp3) is 0.200. The van der Waals surface area contributed by atoms with Crippen molar-refractivity contribution >= 4 is 11.6 Å². The summed E-state index contributed by atoms with van der Waals surface area (Å²) in [7, 11) is 0. The molecule has 3 heteroatoms. The SMILES string of the molecule is CC(Cl)=CCOc1ccc(O)cc1. The van der Waals surface area contributed by atoms with Gasteiger partial charge in [-0.05, 0) is 37.3 Å². The van der Waals surface area contributed by atoms with Gasteiger partial charge in [0, 0.05) is 5.03 Å². The molecule has 1 rings (SSSR count). The smallest absolute Gasteiger partial charge is 0.120 e. The summed E-state index contributed by atoms with van der Waals surface area (Å²) in [5.74, 6) is 0.948. The summed E-state index contributed by atoms with van der Waals surface area (Å²) in [4.78, 5) is 0. The molecule has 70 valence electrons. The van der Waals surface area contributed by atoms with Crippen LogP contribution in [0.25, 0.3) is 0 Å². The third kappa shape index (κ3) is 3.85. The highest BCUT2D eigenvalue weighted by molar-refractivity contribution is 6.29. The van der Waals surface area contributed by atoms with Crippen LogP contribution in [0.5, 0.6) is 11.5 Å². The number of allylic oxidation sites excluding steroid dienone is 1. The molecule has 1 aromatic rings. The van der Waals surface area contributed by atoms with Gasteiger partial charge in [0.15, 0.2) is 0 Å². The van der Waals surface area contributed by atoms with Crippen LogP contribution in [-0.4, -0.2) is 11.7 Å². The van der Waals surface area contributed by atoms with Gasteiger partial charge in [-0.25, -0.2) is 0 Å². The molecular weight excluding hydrogens is 188 g/mol. The average molecular weight is 199 g/mol. The predicted molar refractivity (Wildman–Crippen MR) is 53.2 cm³/mol. The van der Waals surface area contributed by atoms with Crippen LogP contribution in [0.3, 0.4) is 0 Å². The number of benzene rings is 1. The van der Waals surface area contributed by atoms with Crippen LogP contribution >= 0.6 is 11.6 Å². The minimum absolute atomic E-state index is 0.233. The normalized spacial score (nSPS) is 11.4. The topological polar surface area (TPSA) is 29.5 Å². The summed E-state index contributed by atoms with van der Waals surface area (Å²) in [6.45, 7) is 2.24. The van der Waals surface area contributed by atoms with Crippen molar-refractivity contribution in [2.24, 2.45) is 0 Å². The first-order valence-electron chi connectivity index (χ1n) is 3.92. The molecule has 13 heavy (non-hydrogen) atoms. The molecule has 0 fully saturated rings. The number of hydrogen-bond acceptors (Lipinski definition) is 2. The largest absolute Gasteiger partial charge is 0.508 e. The lowest BCUT2D eigenvalue weighted by Crippen LogP contribution is -1.92. The van der Waals surface area contributed by atoms with Crippen molar-refractivity contribution in [2.75, 3.05) is 6.61 Å². The lowest BCUT2D eigenvalue weighted by atomic mass is 10.3. The fourth-order valence-corrected chi connectivity index (χ4v) is 0.858. The minimum Gasteiger partial charge on any atom is -0.508 e. The van der Waals surface area contributed by atoms with Crippen molar-refractivity contribution in [3.05, 3.63) is 35.4 Å². The third-order valence-electron chi connectivity index (χ3n) is 1.45. The number of aromatic hydroxyl groups is 1. The van der Waals surface area contributed by atoms with Gasteiger partial charge in [-0.1, -0.05) is 11.6 Å². The lowest BCUT2D eigenvalue weighted by Gasteiger charge is -2.02. The molecule has 0 aromatic heterocycles. The molecule has 0 unspecified atom stereocenters. The van der Waals surface area contributed by atoms with Crippen molar-refractivity contribution in [1.82, 2.24) is 0 Å². The van der Waals surface area contributed by atoms with E-state index in [1.165, 1.54) is 0 Å². The molecule has 0 aliphatic heterocycles. The second kappa shape index (κ2) is 4.77. The first-order valence-corrected chi connectivity index (χ1v) is 4.30. The molecule has 0 aliphatic rings. The molecule has 1 aromatic carbocycles. The van der Waals surface area contributed by atoms with Crippen LogP contribution in [0.2, 0.25) is 0 Å². The van der Waals surface area contributed by atoms with Crippen molar-refractivity contribution in [3.8, 4) is 11.5 Å². The Bertz CT molecular complexity index is 286. The fourth-order valence-electron chi connectivity index (χ4n) is 0.795. The van der Waals surface area contributed by atoms with Crippen LogP contribution in [0.15, 0.2) is 35.4 Å². The summed E-state index contributed by atoms with van der Waals surface area (Å²) >= 11 is 5.61. The number of halogens is 1. The second-order valence-corrected chi connectivity index (χ2v) is 3.19. The first-order chi connectivity index (χ1) is 6.18. The van der Waals surface area contributed by atoms with Gasteiger partial charge in [-0.3, -0.25) is 0 Å². The molecule has 0 radical (unpaired) electrons. The van der Waals surface area contributed by atoms with Crippen molar-refractivity contribution in [1.29, 1.82) is 0 Å². The van der Waals surface area contributed by atoms with Gasteiger partial charge in [0.05, 0.1) is 0 Å². The molecule has 1 N–H and O–H groups in total. The number of rotatable bonds is 3. The van der Waals surface area contributed by atoms with E-state index in [0.717, 1.165) is 0 Å². The highest BCUT2D eigenvalue weighted by atomic mass is 35.5. The predicted octanol–water partition coefficient (Wildman–Crippen LogP) is 2.91. The summed E-state index contributed by atoms with van der Waals surface area (Å²) in [5, 5.41) is 9.69. The van der Waals surface area contributed by atoms with Crippen LogP contribution in [-0.2, 0) is 0 Å². The van der Waals surface area contributed by atoms with Gasteiger partial charge < -0.3 is 9.84 Å². The number of phenols is 1. The van der Waals surface area contributed by atoms with Crippen LogP contribution in [0, 0.1) is 0 Å². The highest BCUT2D eigenvalue weighted by Crippen LogP contribution is 2.15. The Kier molecular flexibility index (Phi) is 3.65. The summed E-state index contributed by atoms with van der Waals surface area (Å²) in [6.07, 6.45) is 1.77. The zero-order valence-electron chi connectivity index (χ0n) is 7.33. The standard InChI is InChI=1S/C10H11ClO2/c1-8(11)6-7-13-10-4-2-9(12)3-5-10/h2-6,12H,7H2,1H3. The van der Waals surface area contributed by atoms with E-state index in [1.54, 1.807) is 37.3 Å². The summed E-state index contributed by atoms with van der Waals surface area (Å²) < 4.78 is 5.30. The molecule has 0 spiro atoms. The second-order valence-electron chi connectivity index (χ2n) is 2.60. The number of hydrogen-bond donors (Lipinski definition) is 1. The molecule has 0 saturated heterocycles. The van der Waals surface area contributed by atoms with Crippen molar-refractivity contribution < 1.29 is 9.84 Å². The zero-order valence-corrected chi connectivity index (χ0v) is 8.08. The lowest BCUT2D eigenvalue weighted by molar-refractivity contribution is 0.361. The van der Waals surface area contributed by atoms with E-state index < -0.39 is 0 Å². The molecular formula is C10H11ClO2. The van der Waals surface area contributed by atoms with E-state index in [9.17, 15) is 0 Å². The average Bonchev–Trinajstić information content (AvgIpc) is 2.08. The van der Waals surface area contributed by atoms with E-state index in [4.69, 9.17) is 21.4 Å². The Morgan fingerprint density at radius 1 is 1.46 bits per heavy atom. The van der Waals surface area contributed by atoms with E-state index in [0.29, 0.717) is 17.4 Å². The quantitative estimate of drug-likeness (QED) is 0.809. The molecule has 0 saturated carbocycles. The van der Waals surface area contributed by atoms with Crippen LogP contribution in [0.4, 0.5) is 0 Å². The summed E-state index contributed by atoms with van der Waals surface area (Å²) in [6, 6.07) is 6.55. The number of ether oxygens (including phenoxy) is 1.